The molecule has 2 aliphatic rings. The fourth-order valence-corrected chi connectivity index (χ4v) is 4.09. The Hall–Kier alpha value is -1.66. The van der Waals surface area contributed by atoms with E-state index in [0.717, 1.165) is 43.2 Å². The largest absolute Gasteiger partial charge is 0.493 e. The van der Waals surface area contributed by atoms with Gasteiger partial charge in [0.05, 0.1) is 14.2 Å². The van der Waals surface area contributed by atoms with E-state index >= 15 is 0 Å². The normalized spacial score (nSPS) is 17.3. The molecular weight excluding hydrogens is 423 g/mol. The van der Waals surface area contributed by atoms with Gasteiger partial charge in [-0.1, -0.05) is 30.3 Å². The number of ether oxygens (including phenoxy) is 3. The predicted octanol–water partition coefficient (Wildman–Crippen LogP) is 4.48. The molecule has 1 aliphatic heterocycles. The number of hydrogen-bond acceptors (Lipinski definition) is 5. The van der Waals surface area contributed by atoms with E-state index in [-0.39, 0.29) is 24.8 Å². The fourth-order valence-electron chi connectivity index (χ4n) is 4.09. The molecule has 0 radical (unpaired) electrons. The van der Waals surface area contributed by atoms with Crippen LogP contribution in [0.4, 0.5) is 0 Å². The molecule has 7 heteroatoms. The summed E-state index contributed by atoms with van der Waals surface area (Å²) in [6.45, 7) is 4.75. The summed E-state index contributed by atoms with van der Waals surface area (Å²) in [5.74, 6) is 3.07. The van der Waals surface area contributed by atoms with E-state index in [1.54, 1.807) is 14.2 Å². The second-order valence-electron chi connectivity index (χ2n) is 7.59. The van der Waals surface area contributed by atoms with Gasteiger partial charge in [0, 0.05) is 43.9 Å². The molecule has 166 valence electrons. The third-order valence-corrected chi connectivity index (χ3v) is 5.69. The fraction of sp³-hybridized carbons (Fsp3) is 0.478. The SMILES string of the molecule is COc1cc(OCc2ccccc2)c([C@H](C2CC2)N2CCNCC2)cc1OC.Cl.Cl. The molecule has 2 fully saturated rings. The van der Waals surface area contributed by atoms with Crippen LogP contribution in [-0.4, -0.2) is 45.3 Å². The number of benzene rings is 2. The third-order valence-electron chi connectivity index (χ3n) is 5.69. The lowest BCUT2D eigenvalue weighted by Gasteiger charge is -2.36. The molecule has 2 aromatic carbocycles. The van der Waals surface area contributed by atoms with Crippen LogP contribution >= 0.6 is 24.8 Å². The Morgan fingerprint density at radius 2 is 1.57 bits per heavy atom. The Labute approximate surface area is 191 Å². The average molecular weight is 455 g/mol. The van der Waals surface area contributed by atoms with Gasteiger partial charge >= 0.3 is 0 Å². The standard InChI is InChI=1S/C23H30N2O3.2ClH/c1-26-21-14-19(23(18-8-9-18)25-12-10-24-11-13-25)20(15-22(21)27-2)28-16-17-6-4-3-5-7-17;;/h3-7,14-15,18,23-24H,8-13,16H2,1-2H3;2*1H/t23-;;/m0../s1. The lowest BCUT2D eigenvalue weighted by molar-refractivity contribution is 0.151. The Morgan fingerprint density at radius 3 is 2.17 bits per heavy atom. The van der Waals surface area contributed by atoms with Crippen LogP contribution in [0.3, 0.4) is 0 Å². The van der Waals surface area contributed by atoms with Gasteiger partial charge < -0.3 is 19.5 Å². The minimum Gasteiger partial charge on any atom is -0.493 e. The molecule has 1 saturated heterocycles. The van der Waals surface area contributed by atoms with Gasteiger partial charge in [-0.15, -0.1) is 24.8 Å². The monoisotopic (exact) mass is 454 g/mol. The highest BCUT2D eigenvalue weighted by Crippen LogP contribution is 2.49. The van der Waals surface area contributed by atoms with Crippen molar-refractivity contribution in [1.29, 1.82) is 0 Å². The molecule has 0 amide bonds. The molecule has 1 saturated carbocycles. The van der Waals surface area contributed by atoms with E-state index in [1.807, 2.05) is 24.3 Å². The summed E-state index contributed by atoms with van der Waals surface area (Å²) in [5.41, 5.74) is 2.38. The predicted molar refractivity (Wildman–Crippen MR) is 125 cm³/mol. The van der Waals surface area contributed by atoms with E-state index < -0.39 is 0 Å². The number of nitrogens with one attached hydrogen (secondary N) is 1. The molecule has 2 aromatic rings. The maximum atomic E-state index is 6.34. The zero-order valence-electron chi connectivity index (χ0n) is 17.6. The smallest absolute Gasteiger partial charge is 0.164 e. The molecule has 1 heterocycles. The third kappa shape index (κ3) is 5.73. The first-order valence-corrected chi connectivity index (χ1v) is 10.2. The zero-order valence-corrected chi connectivity index (χ0v) is 19.3. The van der Waals surface area contributed by atoms with E-state index in [4.69, 9.17) is 14.2 Å². The van der Waals surface area contributed by atoms with Gasteiger partial charge in [-0.2, -0.15) is 0 Å². The van der Waals surface area contributed by atoms with Crippen molar-refractivity contribution < 1.29 is 14.2 Å². The van der Waals surface area contributed by atoms with E-state index in [9.17, 15) is 0 Å². The van der Waals surface area contributed by atoms with Gasteiger partial charge in [0.15, 0.2) is 11.5 Å². The van der Waals surface area contributed by atoms with Crippen molar-refractivity contribution in [1.82, 2.24) is 10.2 Å². The Kier molecular flexibility index (Phi) is 9.56. The molecule has 0 unspecified atom stereocenters. The first-order valence-electron chi connectivity index (χ1n) is 10.2. The second-order valence-corrected chi connectivity index (χ2v) is 7.59. The number of halogens is 2. The van der Waals surface area contributed by atoms with Crippen molar-refractivity contribution >= 4 is 24.8 Å². The topological polar surface area (TPSA) is 43.0 Å². The Bertz CT molecular complexity index is 782. The van der Waals surface area contributed by atoms with Gasteiger partial charge in [-0.05, 0) is 30.4 Å². The van der Waals surface area contributed by atoms with Gasteiger partial charge in [0.25, 0.3) is 0 Å². The summed E-state index contributed by atoms with van der Waals surface area (Å²) in [6.07, 6.45) is 2.56. The molecule has 0 bridgehead atoms. The van der Waals surface area contributed by atoms with Crippen LogP contribution in [0.5, 0.6) is 17.2 Å². The molecular formula is C23H32Cl2N2O3. The number of nitrogens with zero attached hydrogens (tertiary/aromatic N) is 1. The van der Waals surface area contributed by atoms with Gasteiger partial charge in [0.1, 0.15) is 12.4 Å². The molecule has 1 aliphatic carbocycles. The Morgan fingerprint density at radius 1 is 0.933 bits per heavy atom. The summed E-state index contributed by atoms with van der Waals surface area (Å²) >= 11 is 0. The van der Waals surface area contributed by atoms with Crippen molar-refractivity contribution in [3.8, 4) is 17.2 Å². The first-order chi connectivity index (χ1) is 13.8. The van der Waals surface area contributed by atoms with Crippen LogP contribution in [0.1, 0.15) is 30.0 Å². The average Bonchev–Trinajstić information content (AvgIpc) is 3.59. The lowest BCUT2D eigenvalue weighted by atomic mass is 9.98. The van der Waals surface area contributed by atoms with E-state index in [0.29, 0.717) is 24.3 Å². The van der Waals surface area contributed by atoms with Crippen molar-refractivity contribution in [2.45, 2.75) is 25.5 Å². The zero-order chi connectivity index (χ0) is 19.3. The number of methoxy groups -OCH3 is 2. The van der Waals surface area contributed by atoms with Crippen molar-refractivity contribution in [2.24, 2.45) is 5.92 Å². The van der Waals surface area contributed by atoms with Crippen molar-refractivity contribution in [3.63, 3.8) is 0 Å². The minimum absolute atomic E-state index is 0. The summed E-state index contributed by atoms with van der Waals surface area (Å²) in [5, 5.41) is 3.46. The van der Waals surface area contributed by atoms with Gasteiger partial charge in [-0.25, -0.2) is 0 Å². The summed E-state index contributed by atoms with van der Waals surface area (Å²) in [7, 11) is 3.37. The molecule has 1 N–H and O–H groups in total. The molecule has 0 spiro atoms. The van der Waals surface area contributed by atoms with Crippen LogP contribution < -0.4 is 19.5 Å². The highest BCUT2D eigenvalue weighted by molar-refractivity contribution is 5.85. The van der Waals surface area contributed by atoms with Gasteiger partial charge in [-0.3, -0.25) is 4.90 Å². The number of hydrogen-bond donors (Lipinski definition) is 1. The van der Waals surface area contributed by atoms with Crippen LogP contribution in [-0.2, 0) is 6.61 Å². The number of piperazine rings is 1. The highest BCUT2D eigenvalue weighted by atomic mass is 35.5. The minimum atomic E-state index is 0. The summed E-state index contributed by atoms with van der Waals surface area (Å²) < 4.78 is 17.5. The molecule has 5 nitrogen and oxygen atoms in total. The van der Waals surface area contributed by atoms with E-state index in [1.165, 1.54) is 18.4 Å². The maximum absolute atomic E-state index is 6.34. The van der Waals surface area contributed by atoms with Crippen molar-refractivity contribution in [3.05, 3.63) is 53.6 Å². The van der Waals surface area contributed by atoms with Crippen LogP contribution in [0.2, 0.25) is 0 Å². The first kappa shape index (κ1) is 24.6. The Balaban J connectivity index is 0.00000160. The lowest BCUT2D eigenvalue weighted by Crippen LogP contribution is -2.45. The molecule has 0 aromatic heterocycles. The molecule has 4 rings (SSSR count). The van der Waals surface area contributed by atoms with Crippen molar-refractivity contribution in [2.75, 3.05) is 40.4 Å². The van der Waals surface area contributed by atoms with Crippen LogP contribution in [0, 0.1) is 5.92 Å². The quantitative estimate of drug-likeness (QED) is 0.636. The number of rotatable bonds is 8. The maximum Gasteiger partial charge on any atom is 0.164 e. The van der Waals surface area contributed by atoms with Crippen LogP contribution in [0.15, 0.2) is 42.5 Å². The highest BCUT2D eigenvalue weighted by Gasteiger charge is 2.39. The molecule has 1 atom stereocenters. The summed E-state index contributed by atoms with van der Waals surface area (Å²) in [6, 6.07) is 14.8. The van der Waals surface area contributed by atoms with E-state index in [2.05, 4.69) is 28.4 Å². The van der Waals surface area contributed by atoms with Crippen LogP contribution in [0.25, 0.3) is 0 Å². The second kappa shape index (κ2) is 11.7. The summed E-state index contributed by atoms with van der Waals surface area (Å²) in [4.78, 5) is 2.60. The molecule has 30 heavy (non-hydrogen) atoms. The van der Waals surface area contributed by atoms with Gasteiger partial charge in [0.2, 0.25) is 0 Å².